The summed E-state index contributed by atoms with van der Waals surface area (Å²) in [5.74, 6) is 2.37. The second-order valence-corrected chi connectivity index (χ2v) is 8.24. The summed E-state index contributed by atoms with van der Waals surface area (Å²) >= 11 is 0. The second-order valence-electron chi connectivity index (χ2n) is 8.24. The Bertz CT molecular complexity index is 1020. The van der Waals surface area contributed by atoms with Crippen molar-refractivity contribution in [2.45, 2.75) is 19.4 Å². The van der Waals surface area contributed by atoms with Crippen molar-refractivity contribution in [1.29, 1.82) is 0 Å². The number of methoxy groups -OCH3 is 3. The largest absolute Gasteiger partial charge is 0.493 e. The number of ether oxygens (including phenoxy) is 4. The van der Waals surface area contributed by atoms with Gasteiger partial charge in [-0.15, -0.1) is 0 Å². The van der Waals surface area contributed by atoms with Crippen LogP contribution in [0.5, 0.6) is 23.0 Å². The standard InChI is InChI=1S/C28H34O6/c1-31-25-11-9-21(15-27(25)32-2)13-23(17-29)24(18-30)14-22-10-12-26(28(16-22)33-3)34-19-20-7-5-4-6-8-20/h4-12,15-16,23-24,29-30H,13-14,17-19H2,1-3H3/t23-,24-/m0/s1. The van der Waals surface area contributed by atoms with Gasteiger partial charge in [0.2, 0.25) is 0 Å². The van der Waals surface area contributed by atoms with Crippen molar-refractivity contribution >= 4 is 0 Å². The van der Waals surface area contributed by atoms with E-state index in [4.69, 9.17) is 18.9 Å². The Morgan fingerprint density at radius 2 is 1.09 bits per heavy atom. The zero-order valence-corrected chi connectivity index (χ0v) is 20.1. The van der Waals surface area contributed by atoms with E-state index in [1.165, 1.54) is 0 Å². The Kier molecular flexibility index (Phi) is 9.62. The van der Waals surface area contributed by atoms with Gasteiger partial charge in [-0.3, -0.25) is 0 Å². The molecule has 0 saturated carbocycles. The van der Waals surface area contributed by atoms with Crippen molar-refractivity contribution in [2.24, 2.45) is 11.8 Å². The van der Waals surface area contributed by atoms with Gasteiger partial charge in [-0.05, 0) is 65.6 Å². The third-order valence-electron chi connectivity index (χ3n) is 6.04. The summed E-state index contributed by atoms with van der Waals surface area (Å²) < 4.78 is 22.2. The fraction of sp³-hybridized carbons (Fsp3) is 0.357. The average Bonchev–Trinajstić information content (AvgIpc) is 2.89. The Balaban J connectivity index is 1.70. The number of aliphatic hydroxyl groups is 2. The van der Waals surface area contributed by atoms with Crippen molar-refractivity contribution in [3.63, 3.8) is 0 Å². The molecule has 182 valence electrons. The summed E-state index contributed by atoms with van der Waals surface area (Å²) in [5, 5.41) is 20.2. The van der Waals surface area contributed by atoms with Crippen LogP contribution in [0.25, 0.3) is 0 Å². The van der Waals surface area contributed by atoms with Gasteiger partial charge in [0.25, 0.3) is 0 Å². The maximum absolute atomic E-state index is 10.1. The van der Waals surface area contributed by atoms with E-state index in [1.807, 2.05) is 66.7 Å². The van der Waals surface area contributed by atoms with Gasteiger partial charge in [0, 0.05) is 13.2 Å². The minimum atomic E-state index is -0.126. The Hall–Kier alpha value is -3.22. The van der Waals surface area contributed by atoms with Crippen LogP contribution >= 0.6 is 0 Å². The first-order valence-electron chi connectivity index (χ1n) is 11.4. The van der Waals surface area contributed by atoms with E-state index in [0.29, 0.717) is 42.4 Å². The molecule has 3 aromatic carbocycles. The molecule has 2 atom stereocenters. The van der Waals surface area contributed by atoms with E-state index in [9.17, 15) is 10.2 Å². The van der Waals surface area contributed by atoms with Gasteiger partial charge in [-0.1, -0.05) is 42.5 Å². The lowest BCUT2D eigenvalue weighted by Crippen LogP contribution is -2.26. The summed E-state index contributed by atoms with van der Waals surface area (Å²) in [6.45, 7) is 0.385. The third-order valence-corrected chi connectivity index (χ3v) is 6.04. The molecule has 3 rings (SSSR count). The zero-order valence-electron chi connectivity index (χ0n) is 20.1. The van der Waals surface area contributed by atoms with E-state index in [0.717, 1.165) is 16.7 Å². The van der Waals surface area contributed by atoms with Crippen LogP contribution in [-0.2, 0) is 19.4 Å². The fourth-order valence-corrected chi connectivity index (χ4v) is 4.07. The van der Waals surface area contributed by atoms with Gasteiger partial charge in [0.15, 0.2) is 23.0 Å². The van der Waals surface area contributed by atoms with Crippen molar-refractivity contribution < 1.29 is 29.2 Å². The van der Waals surface area contributed by atoms with Crippen LogP contribution < -0.4 is 18.9 Å². The molecule has 0 fully saturated rings. The second kappa shape index (κ2) is 12.9. The fourth-order valence-electron chi connectivity index (χ4n) is 4.07. The molecule has 0 radical (unpaired) electrons. The molecule has 0 aliphatic heterocycles. The van der Waals surface area contributed by atoms with Crippen molar-refractivity contribution in [3.8, 4) is 23.0 Å². The normalized spacial score (nSPS) is 12.6. The van der Waals surface area contributed by atoms with E-state index in [1.54, 1.807) is 21.3 Å². The number of aliphatic hydroxyl groups excluding tert-OH is 2. The lowest BCUT2D eigenvalue weighted by molar-refractivity contribution is 0.119. The van der Waals surface area contributed by atoms with Crippen LogP contribution in [0.15, 0.2) is 66.7 Å². The maximum Gasteiger partial charge on any atom is 0.161 e. The van der Waals surface area contributed by atoms with Gasteiger partial charge in [-0.25, -0.2) is 0 Å². The molecule has 6 nitrogen and oxygen atoms in total. The summed E-state index contributed by atoms with van der Waals surface area (Å²) in [4.78, 5) is 0. The molecule has 0 bridgehead atoms. The zero-order chi connectivity index (χ0) is 24.3. The molecule has 0 heterocycles. The molecule has 0 spiro atoms. The Labute approximate surface area is 201 Å². The summed E-state index contributed by atoms with van der Waals surface area (Å²) in [7, 11) is 4.82. The average molecular weight is 467 g/mol. The van der Waals surface area contributed by atoms with Gasteiger partial charge < -0.3 is 29.2 Å². The first-order chi connectivity index (χ1) is 16.6. The van der Waals surface area contributed by atoms with Crippen molar-refractivity contribution in [1.82, 2.24) is 0 Å². The molecule has 3 aromatic rings. The minimum Gasteiger partial charge on any atom is -0.493 e. The summed E-state index contributed by atoms with van der Waals surface area (Å²) in [5.41, 5.74) is 3.10. The molecule has 2 N–H and O–H groups in total. The highest BCUT2D eigenvalue weighted by Crippen LogP contribution is 2.32. The highest BCUT2D eigenvalue weighted by Gasteiger charge is 2.22. The first-order valence-corrected chi connectivity index (χ1v) is 11.4. The molecule has 0 aromatic heterocycles. The molecule has 0 saturated heterocycles. The van der Waals surface area contributed by atoms with E-state index < -0.39 is 0 Å². The molecule has 0 aliphatic carbocycles. The SMILES string of the molecule is COc1ccc(C[C@@H](CO)[C@H](CO)Cc2ccc(OCc3ccccc3)c(OC)c2)cc1OC. The smallest absolute Gasteiger partial charge is 0.161 e. The summed E-state index contributed by atoms with van der Waals surface area (Å²) in [6, 6.07) is 21.5. The number of hydrogen-bond acceptors (Lipinski definition) is 6. The topological polar surface area (TPSA) is 77.4 Å². The molecular formula is C28H34O6. The quantitative estimate of drug-likeness (QED) is 0.391. The van der Waals surface area contributed by atoms with Crippen LogP contribution in [0.4, 0.5) is 0 Å². The van der Waals surface area contributed by atoms with Gasteiger partial charge >= 0.3 is 0 Å². The lowest BCUT2D eigenvalue weighted by Gasteiger charge is -2.25. The molecule has 34 heavy (non-hydrogen) atoms. The van der Waals surface area contributed by atoms with Crippen LogP contribution in [0.3, 0.4) is 0 Å². The van der Waals surface area contributed by atoms with Crippen LogP contribution in [0.1, 0.15) is 16.7 Å². The molecule has 6 heteroatoms. The number of hydrogen-bond donors (Lipinski definition) is 2. The Morgan fingerprint density at radius 3 is 1.59 bits per heavy atom. The van der Waals surface area contributed by atoms with Crippen LogP contribution in [0.2, 0.25) is 0 Å². The highest BCUT2D eigenvalue weighted by molar-refractivity contribution is 5.44. The predicted octanol–water partition coefficient (Wildman–Crippen LogP) is 4.29. The number of rotatable bonds is 13. The van der Waals surface area contributed by atoms with Gasteiger partial charge in [0.05, 0.1) is 21.3 Å². The maximum atomic E-state index is 10.1. The monoisotopic (exact) mass is 466 g/mol. The minimum absolute atomic E-state index is 0.0328. The van der Waals surface area contributed by atoms with Crippen molar-refractivity contribution in [2.75, 3.05) is 34.5 Å². The van der Waals surface area contributed by atoms with Gasteiger partial charge in [0.1, 0.15) is 6.61 Å². The van der Waals surface area contributed by atoms with E-state index >= 15 is 0 Å². The lowest BCUT2D eigenvalue weighted by atomic mass is 9.83. The predicted molar refractivity (Wildman–Crippen MR) is 132 cm³/mol. The highest BCUT2D eigenvalue weighted by atomic mass is 16.5. The molecule has 0 aliphatic rings. The van der Waals surface area contributed by atoms with Crippen LogP contribution in [0, 0.1) is 11.8 Å². The van der Waals surface area contributed by atoms with E-state index in [2.05, 4.69) is 0 Å². The molecule has 0 unspecified atom stereocenters. The Morgan fingerprint density at radius 1 is 0.588 bits per heavy atom. The molecular weight excluding hydrogens is 432 g/mol. The van der Waals surface area contributed by atoms with Crippen LogP contribution in [-0.4, -0.2) is 44.8 Å². The molecule has 0 amide bonds. The third kappa shape index (κ3) is 6.65. The van der Waals surface area contributed by atoms with Crippen molar-refractivity contribution in [3.05, 3.63) is 83.4 Å². The number of benzene rings is 3. The van der Waals surface area contributed by atoms with E-state index in [-0.39, 0.29) is 25.0 Å². The summed E-state index contributed by atoms with van der Waals surface area (Å²) in [6.07, 6.45) is 1.21. The first kappa shape index (κ1) is 25.4. The van der Waals surface area contributed by atoms with Gasteiger partial charge in [-0.2, -0.15) is 0 Å².